The van der Waals surface area contributed by atoms with E-state index in [1.54, 1.807) is 0 Å². The molecule has 0 unspecified atom stereocenters. The fourth-order valence-electron chi connectivity index (χ4n) is 2.08. The summed E-state index contributed by atoms with van der Waals surface area (Å²) in [5.74, 6) is 2.25. The third-order valence-corrected chi connectivity index (χ3v) is 4.25. The zero-order valence-corrected chi connectivity index (χ0v) is 10.4. The molecule has 0 radical (unpaired) electrons. The number of rotatable bonds is 2. The van der Waals surface area contributed by atoms with Crippen LogP contribution in [0.25, 0.3) is 10.7 Å². The van der Waals surface area contributed by atoms with Gasteiger partial charge in [0.15, 0.2) is 5.82 Å². The minimum Gasteiger partial charge on any atom is -0.262 e. The van der Waals surface area contributed by atoms with Crippen LogP contribution < -0.4 is 0 Å². The van der Waals surface area contributed by atoms with E-state index in [1.165, 1.54) is 34.6 Å². The van der Waals surface area contributed by atoms with E-state index in [2.05, 4.69) is 35.1 Å². The second-order valence-electron chi connectivity index (χ2n) is 4.61. The summed E-state index contributed by atoms with van der Waals surface area (Å²) in [7, 11) is 0. The first kappa shape index (κ1) is 10.0. The Kier molecular flexibility index (Phi) is 2.32. The van der Waals surface area contributed by atoms with Gasteiger partial charge in [-0.15, -0.1) is 11.3 Å². The SMILES string of the molecule is CC(C)c1nc(-c2cc3c(s2)CCC3)n[nH]1. The Labute approximate surface area is 98.9 Å². The van der Waals surface area contributed by atoms with Crippen molar-refractivity contribution in [3.05, 3.63) is 22.3 Å². The Bertz CT molecular complexity index is 489. The van der Waals surface area contributed by atoms with Gasteiger partial charge < -0.3 is 0 Å². The third-order valence-electron chi connectivity index (χ3n) is 3.02. The van der Waals surface area contributed by atoms with Gasteiger partial charge in [0, 0.05) is 10.8 Å². The van der Waals surface area contributed by atoms with Crippen LogP contribution >= 0.6 is 11.3 Å². The van der Waals surface area contributed by atoms with Gasteiger partial charge in [0.2, 0.25) is 0 Å². The van der Waals surface area contributed by atoms with Crippen molar-refractivity contribution in [2.75, 3.05) is 0 Å². The average Bonchev–Trinajstić information content (AvgIpc) is 2.91. The van der Waals surface area contributed by atoms with Gasteiger partial charge in [-0.1, -0.05) is 13.8 Å². The molecule has 84 valence electrons. The molecule has 3 rings (SSSR count). The van der Waals surface area contributed by atoms with Gasteiger partial charge in [-0.3, -0.25) is 5.10 Å². The Hall–Kier alpha value is -1.16. The molecule has 4 heteroatoms. The summed E-state index contributed by atoms with van der Waals surface area (Å²) < 4.78 is 0. The topological polar surface area (TPSA) is 41.6 Å². The highest BCUT2D eigenvalue weighted by Crippen LogP contribution is 2.35. The molecule has 0 saturated carbocycles. The second kappa shape index (κ2) is 3.70. The monoisotopic (exact) mass is 233 g/mol. The first-order valence-corrected chi connectivity index (χ1v) is 6.60. The van der Waals surface area contributed by atoms with Crippen LogP contribution in [0, 0.1) is 0 Å². The van der Waals surface area contributed by atoms with Crippen LogP contribution in [0.1, 0.15) is 42.5 Å². The fourth-order valence-corrected chi connectivity index (χ4v) is 3.27. The molecule has 1 aliphatic carbocycles. The standard InChI is InChI=1S/C12H15N3S/c1-7(2)11-13-12(15-14-11)10-6-8-4-3-5-9(8)16-10/h6-7H,3-5H2,1-2H3,(H,13,14,15). The maximum absolute atomic E-state index is 4.54. The molecule has 3 nitrogen and oxygen atoms in total. The van der Waals surface area contributed by atoms with Crippen molar-refractivity contribution in [1.82, 2.24) is 15.2 Å². The largest absolute Gasteiger partial charge is 0.262 e. The van der Waals surface area contributed by atoms with Crippen molar-refractivity contribution in [2.24, 2.45) is 0 Å². The van der Waals surface area contributed by atoms with Gasteiger partial charge in [0.1, 0.15) is 5.82 Å². The third kappa shape index (κ3) is 1.57. The van der Waals surface area contributed by atoms with Crippen LogP contribution in [0.5, 0.6) is 0 Å². The zero-order chi connectivity index (χ0) is 11.1. The van der Waals surface area contributed by atoms with Crippen molar-refractivity contribution in [3.8, 4) is 10.7 Å². The van der Waals surface area contributed by atoms with E-state index in [1.807, 2.05) is 11.3 Å². The van der Waals surface area contributed by atoms with Crippen LogP contribution in [0.2, 0.25) is 0 Å². The maximum Gasteiger partial charge on any atom is 0.191 e. The summed E-state index contributed by atoms with van der Waals surface area (Å²) in [6.07, 6.45) is 3.78. The molecule has 0 aliphatic heterocycles. The normalized spacial score (nSPS) is 14.7. The van der Waals surface area contributed by atoms with Gasteiger partial charge in [-0.2, -0.15) is 5.10 Å². The first-order chi connectivity index (χ1) is 7.74. The summed E-state index contributed by atoms with van der Waals surface area (Å²) in [6.45, 7) is 4.25. The molecule has 2 aromatic rings. The molecule has 0 atom stereocenters. The average molecular weight is 233 g/mol. The molecule has 0 aromatic carbocycles. The summed E-state index contributed by atoms with van der Waals surface area (Å²) in [5, 5.41) is 7.31. The number of H-pyrrole nitrogens is 1. The van der Waals surface area contributed by atoms with Crippen LogP contribution in [0.4, 0.5) is 0 Å². The van der Waals surface area contributed by atoms with E-state index >= 15 is 0 Å². The first-order valence-electron chi connectivity index (χ1n) is 5.78. The lowest BCUT2D eigenvalue weighted by atomic mass is 10.2. The Morgan fingerprint density at radius 1 is 1.38 bits per heavy atom. The number of hydrogen-bond donors (Lipinski definition) is 1. The lowest BCUT2D eigenvalue weighted by molar-refractivity contribution is 0.781. The predicted octanol–water partition coefficient (Wildman–Crippen LogP) is 3.15. The summed E-state index contributed by atoms with van der Waals surface area (Å²) in [5.41, 5.74) is 1.51. The highest BCUT2D eigenvalue weighted by atomic mass is 32.1. The van der Waals surface area contributed by atoms with Gasteiger partial charge in [-0.05, 0) is 30.9 Å². The van der Waals surface area contributed by atoms with Gasteiger partial charge in [0.05, 0.1) is 4.88 Å². The molecule has 2 heterocycles. The maximum atomic E-state index is 4.54. The van der Waals surface area contributed by atoms with Crippen molar-refractivity contribution in [1.29, 1.82) is 0 Å². The zero-order valence-electron chi connectivity index (χ0n) is 9.58. The van der Waals surface area contributed by atoms with Crippen molar-refractivity contribution in [3.63, 3.8) is 0 Å². The number of aryl methyl sites for hydroxylation is 2. The van der Waals surface area contributed by atoms with Gasteiger partial charge in [-0.25, -0.2) is 4.98 Å². The summed E-state index contributed by atoms with van der Waals surface area (Å²) in [4.78, 5) is 7.29. The number of fused-ring (bicyclic) bond motifs is 1. The van der Waals surface area contributed by atoms with E-state index in [4.69, 9.17) is 0 Å². The number of aromatic amines is 1. The Balaban J connectivity index is 1.95. The number of nitrogens with zero attached hydrogens (tertiary/aromatic N) is 2. The summed E-state index contributed by atoms with van der Waals surface area (Å²) >= 11 is 1.86. The number of thiophene rings is 1. The van der Waals surface area contributed by atoms with Crippen LogP contribution in [-0.2, 0) is 12.8 Å². The number of nitrogens with one attached hydrogen (secondary N) is 1. The molecule has 16 heavy (non-hydrogen) atoms. The summed E-state index contributed by atoms with van der Waals surface area (Å²) in [6, 6.07) is 2.26. The molecule has 1 aliphatic rings. The highest BCUT2D eigenvalue weighted by molar-refractivity contribution is 7.15. The van der Waals surface area contributed by atoms with Crippen molar-refractivity contribution < 1.29 is 0 Å². The minimum atomic E-state index is 0.410. The van der Waals surface area contributed by atoms with E-state index < -0.39 is 0 Å². The Morgan fingerprint density at radius 2 is 2.25 bits per heavy atom. The second-order valence-corrected chi connectivity index (χ2v) is 5.75. The predicted molar refractivity (Wildman–Crippen MR) is 65.8 cm³/mol. The molecule has 1 N–H and O–H groups in total. The molecule has 0 bridgehead atoms. The van der Waals surface area contributed by atoms with E-state index in [-0.39, 0.29) is 0 Å². The quantitative estimate of drug-likeness (QED) is 0.865. The highest BCUT2D eigenvalue weighted by Gasteiger charge is 2.18. The Morgan fingerprint density at radius 3 is 2.94 bits per heavy atom. The molecule has 0 amide bonds. The molecular weight excluding hydrogens is 218 g/mol. The lowest BCUT2D eigenvalue weighted by Crippen LogP contribution is -1.89. The minimum absolute atomic E-state index is 0.410. The van der Waals surface area contributed by atoms with E-state index in [0.29, 0.717) is 5.92 Å². The van der Waals surface area contributed by atoms with Crippen molar-refractivity contribution >= 4 is 11.3 Å². The number of aromatic nitrogens is 3. The van der Waals surface area contributed by atoms with Gasteiger partial charge >= 0.3 is 0 Å². The van der Waals surface area contributed by atoms with E-state index in [0.717, 1.165) is 11.6 Å². The lowest BCUT2D eigenvalue weighted by Gasteiger charge is -1.94. The van der Waals surface area contributed by atoms with E-state index in [9.17, 15) is 0 Å². The van der Waals surface area contributed by atoms with Crippen LogP contribution in [0.3, 0.4) is 0 Å². The molecular formula is C12H15N3S. The molecule has 2 aromatic heterocycles. The fraction of sp³-hybridized carbons (Fsp3) is 0.500. The smallest absolute Gasteiger partial charge is 0.191 e. The van der Waals surface area contributed by atoms with Crippen molar-refractivity contribution in [2.45, 2.75) is 39.0 Å². The molecule has 0 spiro atoms. The molecule has 0 saturated heterocycles. The molecule has 0 fully saturated rings. The number of hydrogen-bond acceptors (Lipinski definition) is 3. The van der Waals surface area contributed by atoms with Gasteiger partial charge in [0.25, 0.3) is 0 Å². The van der Waals surface area contributed by atoms with Crippen LogP contribution in [-0.4, -0.2) is 15.2 Å². The van der Waals surface area contributed by atoms with Crippen LogP contribution in [0.15, 0.2) is 6.07 Å².